The standard InChI is InChI=1S/C21H18F3N3O3/c1-12(25)20(13(2)28)16-9-14-6-7-19(29)27(11-15-5-3-4-8-26-15)17(14)10-18(16)30-21(22,23)24/h3-10,20,25H,11H2,1-2H3. The Labute approximate surface area is 169 Å². The predicted octanol–water partition coefficient (Wildman–Crippen LogP) is 4.06. The van der Waals surface area contributed by atoms with E-state index in [1.807, 2.05) is 0 Å². The summed E-state index contributed by atoms with van der Waals surface area (Å²) in [5, 5.41) is 8.29. The van der Waals surface area contributed by atoms with E-state index in [9.17, 15) is 22.8 Å². The van der Waals surface area contributed by atoms with Crippen LogP contribution in [0.1, 0.15) is 31.0 Å². The average molecular weight is 417 g/mol. The molecule has 0 saturated carbocycles. The molecule has 3 aromatic rings. The number of ether oxygens (including phenoxy) is 1. The third-order valence-electron chi connectivity index (χ3n) is 4.54. The van der Waals surface area contributed by atoms with Crippen LogP contribution < -0.4 is 10.3 Å². The van der Waals surface area contributed by atoms with Crippen LogP contribution in [0.5, 0.6) is 5.75 Å². The molecule has 0 aliphatic heterocycles. The second-order valence-corrected chi connectivity index (χ2v) is 6.80. The first-order valence-corrected chi connectivity index (χ1v) is 8.95. The van der Waals surface area contributed by atoms with Crippen molar-refractivity contribution < 1.29 is 22.7 Å². The van der Waals surface area contributed by atoms with E-state index in [1.54, 1.807) is 24.4 Å². The van der Waals surface area contributed by atoms with Gasteiger partial charge >= 0.3 is 6.36 Å². The second-order valence-electron chi connectivity index (χ2n) is 6.80. The average Bonchev–Trinajstić information content (AvgIpc) is 2.64. The summed E-state index contributed by atoms with van der Waals surface area (Å²) in [4.78, 5) is 28.7. The lowest BCUT2D eigenvalue weighted by atomic mass is 9.89. The Hall–Kier alpha value is -3.49. The van der Waals surface area contributed by atoms with E-state index < -0.39 is 29.4 Å². The molecule has 0 bridgehead atoms. The van der Waals surface area contributed by atoms with Gasteiger partial charge in [0.2, 0.25) is 0 Å². The molecule has 2 heterocycles. The molecule has 0 saturated heterocycles. The minimum absolute atomic E-state index is 0.0432. The number of nitrogens with one attached hydrogen (secondary N) is 1. The van der Waals surface area contributed by atoms with Crippen molar-refractivity contribution in [2.24, 2.45) is 0 Å². The van der Waals surface area contributed by atoms with Gasteiger partial charge in [0.15, 0.2) is 0 Å². The maximum atomic E-state index is 13.1. The number of rotatable bonds is 6. The van der Waals surface area contributed by atoms with Crippen LogP contribution in [0.4, 0.5) is 13.2 Å². The Balaban J connectivity index is 2.27. The van der Waals surface area contributed by atoms with Crippen molar-refractivity contribution in [1.82, 2.24) is 9.55 Å². The van der Waals surface area contributed by atoms with E-state index in [0.717, 1.165) is 6.07 Å². The van der Waals surface area contributed by atoms with E-state index in [1.165, 1.54) is 36.6 Å². The molecule has 1 aromatic carbocycles. The summed E-state index contributed by atoms with van der Waals surface area (Å²) in [5.74, 6) is -2.30. The molecule has 6 nitrogen and oxygen atoms in total. The number of benzene rings is 1. The monoisotopic (exact) mass is 417 g/mol. The summed E-state index contributed by atoms with van der Waals surface area (Å²) < 4.78 is 44.7. The molecule has 1 unspecified atom stereocenters. The van der Waals surface area contributed by atoms with Crippen molar-refractivity contribution in [2.45, 2.75) is 32.7 Å². The number of halogens is 3. The highest BCUT2D eigenvalue weighted by Gasteiger charge is 2.34. The van der Waals surface area contributed by atoms with Crippen LogP contribution in [-0.2, 0) is 11.3 Å². The summed E-state index contributed by atoms with van der Waals surface area (Å²) in [6.45, 7) is 2.59. The van der Waals surface area contributed by atoms with Crippen LogP contribution in [0.25, 0.3) is 10.9 Å². The number of aromatic nitrogens is 2. The van der Waals surface area contributed by atoms with Crippen LogP contribution >= 0.6 is 0 Å². The minimum Gasteiger partial charge on any atom is -0.405 e. The number of fused-ring (bicyclic) bond motifs is 1. The quantitative estimate of drug-likeness (QED) is 0.613. The fraction of sp³-hybridized carbons (Fsp3) is 0.238. The van der Waals surface area contributed by atoms with Gasteiger partial charge in [-0.2, -0.15) is 0 Å². The molecule has 0 radical (unpaired) electrons. The first-order chi connectivity index (χ1) is 14.1. The zero-order valence-electron chi connectivity index (χ0n) is 16.2. The van der Waals surface area contributed by atoms with Gasteiger partial charge in [0, 0.05) is 29.6 Å². The molecule has 0 fully saturated rings. The molecule has 0 amide bonds. The van der Waals surface area contributed by atoms with E-state index in [-0.39, 0.29) is 23.3 Å². The number of alkyl halides is 3. The van der Waals surface area contributed by atoms with Crippen LogP contribution in [0.15, 0.2) is 53.5 Å². The van der Waals surface area contributed by atoms with Crippen molar-refractivity contribution >= 4 is 22.4 Å². The normalized spacial score (nSPS) is 12.6. The lowest BCUT2D eigenvalue weighted by Gasteiger charge is -2.21. The summed E-state index contributed by atoms with van der Waals surface area (Å²) in [5.41, 5.74) is 0.122. The summed E-state index contributed by atoms with van der Waals surface area (Å²) in [6, 6.07) is 10.3. The lowest BCUT2D eigenvalue weighted by Crippen LogP contribution is -2.24. The van der Waals surface area contributed by atoms with Gasteiger partial charge in [0.05, 0.1) is 23.7 Å². The summed E-state index contributed by atoms with van der Waals surface area (Å²) >= 11 is 0. The third kappa shape index (κ3) is 4.56. The van der Waals surface area contributed by atoms with Gasteiger partial charge < -0.3 is 14.7 Å². The smallest absolute Gasteiger partial charge is 0.405 e. The number of Topliss-reactive ketones (excluding diaryl/α,β-unsaturated/α-hetero) is 1. The van der Waals surface area contributed by atoms with Crippen LogP contribution in [0.2, 0.25) is 0 Å². The molecular weight excluding hydrogens is 399 g/mol. The van der Waals surface area contributed by atoms with Crippen LogP contribution in [0, 0.1) is 5.41 Å². The lowest BCUT2D eigenvalue weighted by molar-refractivity contribution is -0.274. The molecular formula is C21H18F3N3O3. The predicted molar refractivity (Wildman–Crippen MR) is 105 cm³/mol. The molecule has 0 aliphatic rings. The maximum Gasteiger partial charge on any atom is 0.573 e. The number of ketones is 1. The molecule has 0 aliphatic carbocycles. The first-order valence-electron chi connectivity index (χ1n) is 8.95. The molecule has 1 atom stereocenters. The van der Waals surface area contributed by atoms with Crippen LogP contribution in [-0.4, -0.2) is 27.4 Å². The Kier molecular flexibility index (Phi) is 5.73. The van der Waals surface area contributed by atoms with Gasteiger partial charge in [-0.05, 0) is 43.5 Å². The largest absolute Gasteiger partial charge is 0.573 e. The second kappa shape index (κ2) is 8.10. The molecule has 156 valence electrons. The van der Waals surface area contributed by atoms with E-state index >= 15 is 0 Å². The fourth-order valence-corrected chi connectivity index (χ4v) is 3.35. The minimum atomic E-state index is -5.01. The molecule has 3 rings (SSSR count). The van der Waals surface area contributed by atoms with E-state index in [2.05, 4.69) is 9.72 Å². The summed E-state index contributed by atoms with van der Waals surface area (Å²) in [6.07, 6.45) is -3.47. The van der Waals surface area contributed by atoms with Crippen molar-refractivity contribution in [3.8, 4) is 5.75 Å². The van der Waals surface area contributed by atoms with Gasteiger partial charge in [0.1, 0.15) is 11.5 Å². The number of hydrogen-bond donors (Lipinski definition) is 1. The number of carbonyl (C=O) groups excluding carboxylic acids is 1. The van der Waals surface area contributed by atoms with Crippen molar-refractivity contribution in [2.75, 3.05) is 0 Å². The number of hydrogen-bond acceptors (Lipinski definition) is 5. The Bertz CT molecular complexity index is 1160. The summed E-state index contributed by atoms with van der Waals surface area (Å²) in [7, 11) is 0. The molecule has 9 heteroatoms. The topological polar surface area (TPSA) is 85.0 Å². The highest BCUT2D eigenvalue weighted by molar-refractivity contribution is 6.08. The molecule has 30 heavy (non-hydrogen) atoms. The van der Waals surface area contributed by atoms with Crippen LogP contribution in [0.3, 0.4) is 0 Å². The van der Waals surface area contributed by atoms with Crippen molar-refractivity contribution in [3.05, 3.63) is 70.3 Å². The third-order valence-corrected chi connectivity index (χ3v) is 4.54. The maximum absolute atomic E-state index is 13.1. The van der Waals surface area contributed by atoms with Gasteiger partial charge in [-0.15, -0.1) is 13.2 Å². The first kappa shape index (κ1) is 21.2. The molecule has 0 spiro atoms. The number of carbonyl (C=O) groups is 1. The van der Waals surface area contributed by atoms with Gasteiger partial charge in [-0.3, -0.25) is 14.6 Å². The van der Waals surface area contributed by atoms with E-state index in [4.69, 9.17) is 5.41 Å². The van der Waals surface area contributed by atoms with E-state index in [0.29, 0.717) is 11.1 Å². The van der Waals surface area contributed by atoms with Gasteiger partial charge in [0.25, 0.3) is 5.56 Å². The highest BCUT2D eigenvalue weighted by Crippen LogP contribution is 2.36. The SMILES string of the molecule is CC(=N)C(C(C)=O)c1cc2ccc(=O)n(Cc3ccccn3)c2cc1OC(F)(F)F. The molecule has 2 aromatic heterocycles. The zero-order chi connectivity index (χ0) is 22.1. The van der Waals surface area contributed by atoms with Gasteiger partial charge in [-0.25, -0.2) is 0 Å². The fourth-order valence-electron chi connectivity index (χ4n) is 3.35. The van der Waals surface area contributed by atoms with Gasteiger partial charge in [-0.1, -0.05) is 6.07 Å². The zero-order valence-corrected chi connectivity index (χ0v) is 16.2. The van der Waals surface area contributed by atoms with Crippen molar-refractivity contribution in [3.63, 3.8) is 0 Å². The Morgan fingerprint density at radius 2 is 1.93 bits per heavy atom. The van der Waals surface area contributed by atoms with Crippen molar-refractivity contribution in [1.29, 1.82) is 5.41 Å². The Morgan fingerprint density at radius 3 is 2.50 bits per heavy atom. The highest BCUT2D eigenvalue weighted by atomic mass is 19.4. The Morgan fingerprint density at radius 1 is 1.20 bits per heavy atom. The molecule has 1 N–H and O–H groups in total. The number of pyridine rings is 2. The number of nitrogens with zero attached hydrogens (tertiary/aromatic N) is 2.